The molecule has 0 bridgehead atoms. The van der Waals surface area contributed by atoms with Gasteiger partial charge in [-0.3, -0.25) is 9.59 Å². The van der Waals surface area contributed by atoms with E-state index >= 15 is 0 Å². The van der Waals surface area contributed by atoms with Gasteiger partial charge in [0, 0.05) is 33.9 Å². The van der Waals surface area contributed by atoms with E-state index in [1.54, 1.807) is 16.7 Å². The van der Waals surface area contributed by atoms with Gasteiger partial charge < -0.3 is 10.2 Å². The fourth-order valence-electron chi connectivity index (χ4n) is 4.07. The lowest BCUT2D eigenvalue weighted by Crippen LogP contribution is -2.50. The Labute approximate surface area is 211 Å². The van der Waals surface area contributed by atoms with Gasteiger partial charge in [0.15, 0.2) is 0 Å². The molecule has 0 radical (unpaired) electrons. The molecule has 178 valence electrons. The van der Waals surface area contributed by atoms with Crippen LogP contribution in [0, 0.1) is 0 Å². The van der Waals surface area contributed by atoms with Crippen molar-refractivity contribution >= 4 is 46.8 Å². The minimum absolute atomic E-state index is 0.0158. The van der Waals surface area contributed by atoms with E-state index in [4.69, 9.17) is 23.2 Å². The van der Waals surface area contributed by atoms with Crippen LogP contribution in [0.3, 0.4) is 0 Å². The molecular formula is C26H32Cl2N2O2S. The fraction of sp³-hybridized carbons (Fsp3) is 0.462. The predicted octanol–water partition coefficient (Wildman–Crippen LogP) is 6.73. The first-order valence-electron chi connectivity index (χ1n) is 11.6. The zero-order valence-corrected chi connectivity index (χ0v) is 21.4. The molecule has 0 saturated heterocycles. The number of carbonyl (C=O) groups is 2. The van der Waals surface area contributed by atoms with Crippen molar-refractivity contribution in [3.8, 4) is 0 Å². The summed E-state index contributed by atoms with van der Waals surface area (Å²) >= 11 is 13.8. The number of halogens is 2. The molecule has 1 aliphatic rings. The lowest BCUT2D eigenvalue weighted by atomic mass is 9.95. The van der Waals surface area contributed by atoms with Crippen molar-refractivity contribution < 1.29 is 9.59 Å². The van der Waals surface area contributed by atoms with Gasteiger partial charge in [-0.2, -0.15) is 0 Å². The second-order valence-corrected chi connectivity index (χ2v) is 10.6. The van der Waals surface area contributed by atoms with Crippen LogP contribution in [0.25, 0.3) is 0 Å². The molecule has 1 N–H and O–H groups in total. The Morgan fingerprint density at radius 3 is 2.48 bits per heavy atom. The molecule has 2 aromatic rings. The molecular weight excluding hydrogens is 475 g/mol. The number of carbonyl (C=O) groups excluding carboxylic acids is 2. The number of hydrogen-bond acceptors (Lipinski definition) is 3. The summed E-state index contributed by atoms with van der Waals surface area (Å²) in [6, 6.07) is 14.9. The van der Waals surface area contributed by atoms with Gasteiger partial charge in [-0.05, 0) is 73.9 Å². The van der Waals surface area contributed by atoms with Crippen LogP contribution in [0.5, 0.6) is 0 Å². The van der Waals surface area contributed by atoms with E-state index in [0.29, 0.717) is 23.0 Å². The quantitative estimate of drug-likeness (QED) is 0.287. The number of amides is 2. The second kappa shape index (κ2) is 13.3. The summed E-state index contributed by atoms with van der Waals surface area (Å²) in [5.74, 6) is 0.729. The van der Waals surface area contributed by atoms with Crippen molar-refractivity contribution in [2.24, 2.45) is 0 Å². The Hall–Kier alpha value is -1.69. The highest BCUT2D eigenvalue weighted by molar-refractivity contribution is 7.99. The summed E-state index contributed by atoms with van der Waals surface area (Å²) in [5.41, 5.74) is 0.920. The third-order valence-electron chi connectivity index (χ3n) is 5.98. The van der Waals surface area contributed by atoms with Crippen LogP contribution in [0.15, 0.2) is 53.4 Å². The predicted molar refractivity (Wildman–Crippen MR) is 138 cm³/mol. The van der Waals surface area contributed by atoms with E-state index in [1.807, 2.05) is 55.5 Å². The summed E-state index contributed by atoms with van der Waals surface area (Å²) in [6.07, 6.45) is 6.68. The van der Waals surface area contributed by atoms with Crippen LogP contribution in [0.2, 0.25) is 10.0 Å². The van der Waals surface area contributed by atoms with Crippen molar-refractivity contribution in [3.05, 3.63) is 64.1 Å². The lowest BCUT2D eigenvalue weighted by molar-refractivity contribution is -0.141. The maximum atomic E-state index is 13.2. The number of rotatable bonds is 10. The molecule has 1 saturated carbocycles. The van der Waals surface area contributed by atoms with Crippen LogP contribution in [0.1, 0.15) is 57.4 Å². The molecule has 0 aliphatic heterocycles. The largest absolute Gasteiger partial charge is 0.352 e. The molecule has 3 rings (SSSR count). The SMILES string of the molecule is CC(C(=O)NC1CCCCC1)N(Cc1cccc(Cl)c1)C(=O)CCCSc1ccc(Cl)cc1. The van der Waals surface area contributed by atoms with Gasteiger partial charge in [0.05, 0.1) is 0 Å². The van der Waals surface area contributed by atoms with Gasteiger partial charge in [0.1, 0.15) is 6.04 Å². The van der Waals surface area contributed by atoms with Crippen LogP contribution in [-0.2, 0) is 16.1 Å². The van der Waals surface area contributed by atoms with E-state index < -0.39 is 6.04 Å². The Balaban J connectivity index is 1.60. The molecule has 1 fully saturated rings. The number of nitrogens with one attached hydrogen (secondary N) is 1. The number of benzene rings is 2. The van der Waals surface area contributed by atoms with Crippen LogP contribution in [0.4, 0.5) is 0 Å². The first-order chi connectivity index (χ1) is 15.9. The van der Waals surface area contributed by atoms with Crippen LogP contribution in [-0.4, -0.2) is 34.6 Å². The average molecular weight is 508 g/mol. The summed E-state index contributed by atoms with van der Waals surface area (Å²) in [6.45, 7) is 2.19. The molecule has 1 atom stereocenters. The maximum absolute atomic E-state index is 13.2. The molecule has 7 heteroatoms. The number of hydrogen-bond donors (Lipinski definition) is 1. The maximum Gasteiger partial charge on any atom is 0.242 e. The van der Waals surface area contributed by atoms with Crippen LogP contribution >= 0.6 is 35.0 Å². The number of thioether (sulfide) groups is 1. The van der Waals surface area contributed by atoms with Gasteiger partial charge >= 0.3 is 0 Å². The fourth-order valence-corrected chi connectivity index (χ4v) is 5.26. The van der Waals surface area contributed by atoms with E-state index in [0.717, 1.165) is 48.3 Å². The zero-order chi connectivity index (χ0) is 23.6. The Kier molecular flexibility index (Phi) is 10.4. The molecule has 0 spiro atoms. The first kappa shape index (κ1) is 25.9. The van der Waals surface area contributed by atoms with Gasteiger partial charge in [-0.1, -0.05) is 54.6 Å². The van der Waals surface area contributed by atoms with Crippen molar-refractivity contribution in [1.29, 1.82) is 0 Å². The van der Waals surface area contributed by atoms with E-state index in [-0.39, 0.29) is 17.9 Å². The van der Waals surface area contributed by atoms with Gasteiger partial charge in [0.25, 0.3) is 0 Å². The van der Waals surface area contributed by atoms with Crippen molar-refractivity contribution in [2.75, 3.05) is 5.75 Å². The lowest BCUT2D eigenvalue weighted by Gasteiger charge is -2.31. The van der Waals surface area contributed by atoms with E-state index in [9.17, 15) is 9.59 Å². The first-order valence-corrected chi connectivity index (χ1v) is 13.4. The van der Waals surface area contributed by atoms with Crippen LogP contribution < -0.4 is 5.32 Å². The van der Waals surface area contributed by atoms with Gasteiger partial charge in [0.2, 0.25) is 11.8 Å². The topological polar surface area (TPSA) is 49.4 Å². The Morgan fingerprint density at radius 1 is 1.06 bits per heavy atom. The van der Waals surface area contributed by atoms with E-state index in [1.165, 1.54) is 6.42 Å². The highest BCUT2D eigenvalue weighted by atomic mass is 35.5. The van der Waals surface area contributed by atoms with Gasteiger partial charge in [-0.15, -0.1) is 11.8 Å². The molecule has 2 amide bonds. The second-order valence-electron chi connectivity index (χ2n) is 8.58. The van der Waals surface area contributed by atoms with E-state index in [2.05, 4.69) is 5.32 Å². The Bertz CT molecular complexity index is 917. The molecule has 33 heavy (non-hydrogen) atoms. The average Bonchev–Trinajstić information content (AvgIpc) is 2.81. The van der Waals surface area contributed by atoms with Crippen molar-refractivity contribution in [2.45, 2.75) is 75.4 Å². The summed E-state index contributed by atoms with van der Waals surface area (Å²) in [4.78, 5) is 29.0. The summed E-state index contributed by atoms with van der Waals surface area (Å²) < 4.78 is 0. The monoisotopic (exact) mass is 506 g/mol. The third-order valence-corrected chi connectivity index (χ3v) is 7.56. The molecule has 2 aromatic carbocycles. The normalized spacial score (nSPS) is 15.1. The zero-order valence-electron chi connectivity index (χ0n) is 19.1. The highest BCUT2D eigenvalue weighted by Gasteiger charge is 2.27. The third kappa shape index (κ3) is 8.55. The van der Waals surface area contributed by atoms with Crippen molar-refractivity contribution in [1.82, 2.24) is 10.2 Å². The summed E-state index contributed by atoms with van der Waals surface area (Å²) in [5, 5.41) is 4.51. The summed E-state index contributed by atoms with van der Waals surface area (Å²) in [7, 11) is 0. The van der Waals surface area contributed by atoms with Gasteiger partial charge in [-0.25, -0.2) is 0 Å². The molecule has 0 aromatic heterocycles. The standard InChI is InChI=1S/C26H32Cl2N2O2S/c1-19(26(32)29-23-9-3-2-4-10-23)30(18-20-7-5-8-22(28)17-20)25(31)11-6-16-33-24-14-12-21(27)13-15-24/h5,7-8,12-15,17,19,23H,2-4,6,9-11,16,18H2,1H3,(H,29,32). The van der Waals surface area contributed by atoms with Crippen molar-refractivity contribution in [3.63, 3.8) is 0 Å². The molecule has 1 aliphatic carbocycles. The molecule has 4 nitrogen and oxygen atoms in total. The number of nitrogens with zero attached hydrogens (tertiary/aromatic N) is 1. The highest BCUT2D eigenvalue weighted by Crippen LogP contribution is 2.23. The smallest absolute Gasteiger partial charge is 0.242 e. The molecule has 1 unspecified atom stereocenters. The minimum Gasteiger partial charge on any atom is -0.352 e. The minimum atomic E-state index is -0.540. The Morgan fingerprint density at radius 2 is 1.79 bits per heavy atom. The molecule has 0 heterocycles.